The minimum Gasteiger partial charge on any atom is -0.493 e. The van der Waals surface area contributed by atoms with Crippen LogP contribution >= 0.6 is 11.3 Å². The summed E-state index contributed by atoms with van der Waals surface area (Å²) in [6.07, 6.45) is -2.60. The molecule has 0 saturated heterocycles. The summed E-state index contributed by atoms with van der Waals surface area (Å²) in [5.41, 5.74) is 2.53. The van der Waals surface area contributed by atoms with Crippen molar-refractivity contribution in [3.8, 4) is 16.3 Å². The minimum atomic E-state index is -4.37. The molecule has 0 aliphatic carbocycles. The largest absolute Gasteiger partial charge is 0.493 e. The van der Waals surface area contributed by atoms with Crippen LogP contribution in [0.3, 0.4) is 0 Å². The molecule has 0 spiro atoms. The van der Waals surface area contributed by atoms with Crippen molar-refractivity contribution >= 4 is 28.2 Å². The molecule has 0 bridgehead atoms. The number of carbonyl (C=O) groups is 1. The topological polar surface area (TPSA) is 64.3 Å². The smallest absolute Gasteiger partial charge is 0.416 e. The number of carboxylic acids is 1. The molecule has 0 aliphatic heterocycles. The van der Waals surface area contributed by atoms with E-state index in [-0.39, 0.29) is 18.3 Å². The molecule has 2 aromatic carbocycles. The highest BCUT2D eigenvalue weighted by molar-refractivity contribution is 7.15. The predicted octanol–water partition coefficient (Wildman–Crippen LogP) is 7.25. The van der Waals surface area contributed by atoms with Crippen LogP contribution in [0, 0.1) is 0 Å². The molecule has 1 atom stereocenters. The van der Waals surface area contributed by atoms with Gasteiger partial charge in [-0.2, -0.15) is 13.2 Å². The summed E-state index contributed by atoms with van der Waals surface area (Å²) < 4.78 is 46.8. The highest BCUT2D eigenvalue weighted by atomic mass is 32.1. The number of hydrogen-bond donors (Lipinski definition) is 1. The van der Waals surface area contributed by atoms with Crippen molar-refractivity contribution in [2.24, 2.45) is 7.05 Å². The molecule has 190 valence electrons. The van der Waals surface area contributed by atoms with Crippen molar-refractivity contribution in [1.82, 2.24) is 9.55 Å². The molecule has 0 aliphatic rings. The number of aliphatic carboxylic acids is 1. The molecule has 9 heteroatoms. The Labute approximate surface area is 211 Å². The number of halogens is 3. The maximum Gasteiger partial charge on any atom is 0.416 e. The summed E-state index contributed by atoms with van der Waals surface area (Å²) in [5.74, 6) is -0.0436. The van der Waals surface area contributed by atoms with Gasteiger partial charge in [-0.05, 0) is 35.7 Å². The Morgan fingerprint density at radius 3 is 2.44 bits per heavy atom. The van der Waals surface area contributed by atoms with E-state index in [9.17, 15) is 18.0 Å². The summed E-state index contributed by atoms with van der Waals surface area (Å²) >= 11 is 1.48. The van der Waals surface area contributed by atoms with E-state index >= 15 is 0 Å². The van der Waals surface area contributed by atoms with Crippen molar-refractivity contribution in [1.29, 1.82) is 0 Å². The quantitative estimate of drug-likeness (QED) is 0.268. The van der Waals surface area contributed by atoms with Crippen LogP contribution in [-0.4, -0.2) is 27.2 Å². The number of thiazole rings is 1. The molecule has 5 nitrogen and oxygen atoms in total. The number of carboxylic acid groups (broad SMARTS) is 1. The Balaban J connectivity index is 1.54. The Morgan fingerprint density at radius 1 is 1.14 bits per heavy atom. The van der Waals surface area contributed by atoms with E-state index in [1.165, 1.54) is 23.5 Å². The van der Waals surface area contributed by atoms with Gasteiger partial charge in [-0.1, -0.05) is 32.9 Å². The Hall–Kier alpha value is -3.33. The van der Waals surface area contributed by atoms with Crippen molar-refractivity contribution < 1.29 is 27.8 Å². The molecule has 0 radical (unpaired) electrons. The molecule has 0 unspecified atom stereocenters. The van der Waals surface area contributed by atoms with Crippen LogP contribution in [0.2, 0.25) is 0 Å². The van der Waals surface area contributed by atoms with Gasteiger partial charge in [-0.3, -0.25) is 4.79 Å². The standard InChI is InChI=1S/C27H27F3N2O3S/c1-15(2)24-25(36-26(31-24)17-5-7-19(8-6-17)27(28,29)30)16(3)14-35-20-9-10-21-18(11-23(33)34)13-32(4)22(21)12-20/h5-10,12-13,15-16H,11,14H2,1-4H3,(H,33,34)/t16-/m0/s1. The average Bonchev–Trinajstić information content (AvgIpc) is 3.39. The third-order valence-corrected chi connectivity index (χ3v) is 7.37. The Kier molecular flexibility index (Phi) is 7.13. The fraction of sp³-hybridized carbons (Fsp3) is 0.333. The van der Waals surface area contributed by atoms with Crippen molar-refractivity contribution in [3.63, 3.8) is 0 Å². The van der Waals surface area contributed by atoms with E-state index in [4.69, 9.17) is 14.8 Å². The van der Waals surface area contributed by atoms with E-state index in [0.717, 1.165) is 39.2 Å². The van der Waals surface area contributed by atoms with Crippen LogP contribution in [0.25, 0.3) is 21.5 Å². The van der Waals surface area contributed by atoms with Crippen LogP contribution in [0.15, 0.2) is 48.7 Å². The fourth-order valence-corrected chi connectivity index (χ4v) is 5.44. The number of hydrogen-bond acceptors (Lipinski definition) is 4. The predicted molar refractivity (Wildman–Crippen MR) is 135 cm³/mol. The minimum absolute atomic E-state index is 0.00905. The van der Waals surface area contributed by atoms with Gasteiger partial charge in [0.2, 0.25) is 0 Å². The Morgan fingerprint density at radius 2 is 1.83 bits per heavy atom. The highest BCUT2D eigenvalue weighted by Crippen LogP contribution is 2.38. The summed E-state index contributed by atoms with van der Waals surface area (Å²) in [5, 5.41) is 10.7. The van der Waals surface area contributed by atoms with Crippen LogP contribution in [-0.2, 0) is 24.4 Å². The first-order valence-electron chi connectivity index (χ1n) is 11.5. The molecule has 4 aromatic rings. The average molecular weight is 517 g/mol. The molecule has 0 amide bonds. The van der Waals surface area contributed by atoms with Crippen molar-refractivity contribution in [2.75, 3.05) is 6.61 Å². The van der Waals surface area contributed by atoms with E-state index in [1.807, 2.05) is 56.8 Å². The summed E-state index contributed by atoms with van der Waals surface area (Å²) in [7, 11) is 1.87. The maximum absolute atomic E-state index is 12.9. The lowest BCUT2D eigenvalue weighted by atomic mass is 10.0. The molecule has 4 rings (SSSR count). The Bertz CT molecular complexity index is 1390. The second-order valence-corrected chi connectivity index (χ2v) is 10.3. The van der Waals surface area contributed by atoms with Crippen LogP contribution < -0.4 is 4.74 Å². The number of alkyl halides is 3. The second kappa shape index (κ2) is 9.97. The molecule has 0 fully saturated rings. The lowest BCUT2D eigenvalue weighted by molar-refractivity contribution is -0.138. The third-order valence-electron chi connectivity index (χ3n) is 6.02. The zero-order valence-corrected chi connectivity index (χ0v) is 21.2. The van der Waals surface area contributed by atoms with Crippen molar-refractivity contribution in [2.45, 2.75) is 45.2 Å². The van der Waals surface area contributed by atoms with Gasteiger partial charge in [0.1, 0.15) is 10.8 Å². The SMILES string of the molecule is CC(C)c1nc(-c2ccc(C(F)(F)F)cc2)sc1[C@@H](C)COc1ccc2c(CC(=O)O)cn(C)c2c1. The van der Waals surface area contributed by atoms with Gasteiger partial charge in [-0.25, -0.2) is 4.98 Å². The fourth-order valence-electron chi connectivity index (χ4n) is 4.17. The number of fused-ring (bicyclic) bond motifs is 1. The number of benzene rings is 2. The monoisotopic (exact) mass is 516 g/mol. The number of aryl methyl sites for hydroxylation is 1. The molecular weight excluding hydrogens is 489 g/mol. The van der Waals surface area contributed by atoms with E-state index < -0.39 is 17.7 Å². The van der Waals surface area contributed by atoms with Gasteiger partial charge < -0.3 is 14.4 Å². The molecule has 1 N–H and O–H groups in total. The second-order valence-electron chi connectivity index (χ2n) is 9.23. The first kappa shape index (κ1) is 25.8. The zero-order valence-electron chi connectivity index (χ0n) is 20.4. The van der Waals surface area contributed by atoms with Crippen LogP contribution in [0.1, 0.15) is 54.3 Å². The molecular formula is C27H27F3N2O3S. The number of rotatable bonds is 8. The molecule has 36 heavy (non-hydrogen) atoms. The van der Waals surface area contributed by atoms with Crippen LogP contribution in [0.5, 0.6) is 5.75 Å². The van der Waals surface area contributed by atoms with Gasteiger partial charge in [0.15, 0.2) is 0 Å². The first-order chi connectivity index (χ1) is 16.9. The number of nitrogens with zero attached hydrogens (tertiary/aromatic N) is 2. The van der Waals surface area contributed by atoms with E-state index in [2.05, 4.69) is 0 Å². The summed E-state index contributed by atoms with van der Waals surface area (Å²) in [4.78, 5) is 16.9. The van der Waals surface area contributed by atoms with E-state index in [0.29, 0.717) is 22.9 Å². The maximum atomic E-state index is 12.9. The highest BCUT2D eigenvalue weighted by Gasteiger charge is 2.30. The number of ether oxygens (including phenoxy) is 1. The lowest BCUT2D eigenvalue weighted by Gasteiger charge is -2.14. The normalized spacial score (nSPS) is 12.9. The van der Waals surface area contributed by atoms with Crippen LogP contribution in [0.4, 0.5) is 13.2 Å². The molecule has 2 aromatic heterocycles. The van der Waals surface area contributed by atoms with Gasteiger partial charge >= 0.3 is 12.1 Å². The summed E-state index contributed by atoms with van der Waals surface area (Å²) in [6, 6.07) is 10.7. The summed E-state index contributed by atoms with van der Waals surface area (Å²) in [6.45, 7) is 6.52. The lowest BCUT2D eigenvalue weighted by Crippen LogP contribution is -2.08. The van der Waals surface area contributed by atoms with Gasteiger partial charge in [0.25, 0.3) is 0 Å². The van der Waals surface area contributed by atoms with Gasteiger partial charge in [-0.15, -0.1) is 11.3 Å². The van der Waals surface area contributed by atoms with Gasteiger partial charge in [0, 0.05) is 41.1 Å². The van der Waals surface area contributed by atoms with E-state index in [1.54, 1.807) is 0 Å². The van der Waals surface area contributed by atoms with Crippen molar-refractivity contribution in [3.05, 3.63) is 70.4 Å². The number of aromatic nitrogens is 2. The van der Waals surface area contributed by atoms with Gasteiger partial charge in [0.05, 0.1) is 29.8 Å². The zero-order chi connectivity index (χ0) is 26.2. The third kappa shape index (κ3) is 5.41. The first-order valence-corrected chi connectivity index (χ1v) is 12.4. The molecule has 0 saturated carbocycles. The molecule has 2 heterocycles.